The Balaban J connectivity index is 1.66. The van der Waals surface area contributed by atoms with E-state index in [9.17, 15) is 0 Å². The molecule has 0 amide bonds. The van der Waals surface area contributed by atoms with E-state index < -0.39 is 0 Å². The number of pyridine rings is 1. The molecule has 0 spiro atoms. The molecule has 0 atom stereocenters. The highest BCUT2D eigenvalue weighted by Crippen LogP contribution is 2.02. The Kier molecular flexibility index (Phi) is 4.11. The van der Waals surface area contributed by atoms with E-state index >= 15 is 0 Å². The highest BCUT2D eigenvalue weighted by atomic mass is 15.2. The summed E-state index contributed by atoms with van der Waals surface area (Å²) in [5.41, 5.74) is 1.40. The summed E-state index contributed by atoms with van der Waals surface area (Å²) >= 11 is 0. The third kappa shape index (κ3) is 3.61. The number of nitrogens with zero attached hydrogens (tertiary/aromatic N) is 2. The largest absolute Gasteiger partial charge is 0.314 e. The van der Waals surface area contributed by atoms with Crippen LogP contribution in [0.3, 0.4) is 0 Å². The fraction of sp³-hybridized carbons (Fsp3) is 0.583. The van der Waals surface area contributed by atoms with Crippen molar-refractivity contribution < 1.29 is 0 Å². The minimum Gasteiger partial charge on any atom is -0.314 e. The molecule has 0 radical (unpaired) electrons. The minimum atomic E-state index is 1.15. The van der Waals surface area contributed by atoms with Crippen LogP contribution in [-0.4, -0.2) is 42.6 Å². The summed E-state index contributed by atoms with van der Waals surface area (Å²) in [6.07, 6.45) is 6.18. The lowest BCUT2D eigenvalue weighted by atomic mass is 10.1. The predicted octanol–water partition coefficient (Wildman–Crippen LogP) is 0.919. The zero-order chi connectivity index (χ0) is 10.3. The molecule has 0 bridgehead atoms. The standard InChI is InChI=1S/C12H19N3/c1(2-12-3-5-13-6-4-12)9-15-10-7-14-8-11-15/h3-6,14H,1-2,7-11H2. The molecule has 2 rings (SSSR count). The summed E-state index contributed by atoms with van der Waals surface area (Å²) in [6, 6.07) is 4.22. The molecule has 0 saturated carbocycles. The van der Waals surface area contributed by atoms with E-state index in [1.54, 1.807) is 0 Å². The molecule has 1 N–H and O–H groups in total. The normalized spacial score (nSPS) is 17.9. The Hall–Kier alpha value is -0.930. The molecule has 3 heteroatoms. The first-order chi connectivity index (χ1) is 7.45. The van der Waals surface area contributed by atoms with Gasteiger partial charge in [-0.3, -0.25) is 4.98 Å². The smallest absolute Gasteiger partial charge is 0.0270 e. The molecule has 82 valence electrons. The van der Waals surface area contributed by atoms with E-state index in [0.29, 0.717) is 0 Å². The fourth-order valence-corrected chi connectivity index (χ4v) is 1.99. The van der Waals surface area contributed by atoms with Gasteiger partial charge in [0.25, 0.3) is 0 Å². The molecule has 3 nitrogen and oxygen atoms in total. The number of hydrogen-bond donors (Lipinski definition) is 1. The van der Waals surface area contributed by atoms with Crippen LogP contribution in [0.1, 0.15) is 12.0 Å². The van der Waals surface area contributed by atoms with E-state index in [1.165, 1.54) is 38.0 Å². The first-order valence-corrected chi connectivity index (χ1v) is 5.77. The van der Waals surface area contributed by atoms with Crippen LogP contribution in [0.4, 0.5) is 0 Å². The number of aromatic nitrogens is 1. The summed E-state index contributed by atoms with van der Waals surface area (Å²) in [7, 11) is 0. The Morgan fingerprint density at radius 1 is 1.20 bits per heavy atom. The number of nitrogens with one attached hydrogen (secondary N) is 1. The van der Waals surface area contributed by atoms with Gasteiger partial charge in [0, 0.05) is 38.6 Å². The number of hydrogen-bond acceptors (Lipinski definition) is 3. The van der Waals surface area contributed by atoms with Crippen LogP contribution in [0.15, 0.2) is 24.5 Å². The molecule has 0 aromatic carbocycles. The molecule has 1 aliphatic rings. The average molecular weight is 205 g/mol. The first-order valence-electron chi connectivity index (χ1n) is 5.77. The quantitative estimate of drug-likeness (QED) is 0.792. The summed E-state index contributed by atoms with van der Waals surface area (Å²) in [4.78, 5) is 6.56. The Morgan fingerprint density at radius 2 is 1.93 bits per heavy atom. The molecule has 1 aromatic rings. The van der Waals surface area contributed by atoms with Gasteiger partial charge in [-0.1, -0.05) is 0 Å². The van der Waals surface area contributed by atoms with Crippen molar-refractivity contribution in [2.75, 3.05) is 32.7 Å². The third-order valence-corrected chi connectivity index (χ3v) is 2.90. The first kappa shape index (κ1) is 10.6. The molecule has 1 saturated heterocycles. The second-order valence-electron chi connectivity index (χ2n) is 4.05. The molecular weight excluding hydrogens is 186 g/mol. The Bertz CT molecular complexity index is 267. The maximum absolute atomic E-state index is 4.02. The molecule has 15 heavy (non-hydrogen) atoms. The van der Waals surface area contributed by atoms with Gasteiger partial charge in [0.15, 0.2) is 0 Å². The van der Waals surface area contributed by atoms with E-state index in [0.717, 1.165) is 13.1 Å². The lowest BCUT2D eigenvalue weighted by molar-refractivity contribution is 0.238. The maximum Gasteiger partial charge on any atom is 0.0270 e. The number of piperazine rings is 1. The highest BCUT2D eigenvalue weighted by molar-refractivity contribution is 5.09. The zero-order valence-electron chi connectivity index (χ0n) is 9.15. The lowest BCUT2D eigenvalue weighted by Gasteiger charge is -2.27. The minimum absolute atomic E-state index is 1.15. The fourth-order valence-electron chi connectivity index (χ4n) is 1.99. The Labute approximate surface area is 91.5 Å². The Morgan fingerprint density at radius 3 is 2.67 bits per heavy atom. The van der Waals surface area contributed by atoms with Gasteiger partial charge < -0.3 is 10.2 Å². The molecule has 1 fully saturated rings. The van der Waals surface area contributed by atoms with Gasteiger partial charge in [0.2, 0.25) is 0 Å². The van der Waals surface area contributed by atoms with E-state index in [1.807, 2.05) is 12.4 Å². The monoisotopic (exact) mass is 205 g/mol. The molecular formula is C12H19N3. The summed E-state index contributed by atoms with van der Waals surface area (Å²) in [6.45, 7) is 5.93. The van der Waals surface area contributed by atoms with Crippen molar-refractivity contribution in [2.24, 2.45) is 0 Å². The topological polar surface area (TPSA) is 28.2 Å². The van der Waals surface area contributed by atoms with Crippen molar-refractivity contribution in [3.05, 3.63) is 30.1 Å². The van der Waals surface area contributed by atoms with E-state index in [2.05, 4.69) is 27.3 Å². The maximum atomic E-state index is 4.02. The van der Waals surface area contributed by atoms with Gasteiger partial charge in [-0.05, 0) is 37.1 Å². The molecule has 0 unspecified atom stereocenters. The van der Waals surface area contributed by atoms with Gasteiger partial charge in [-0.25, -0.2) is 0 Å². The van der Waals surface area contributed by atoms with Gasteiger partial charge >= 0.3 is 0 Å². The predicted molar refractivity (Wildman–Crippen MR) is 61.9 cm³/mol. The van der Waals surface area contributed by atoms with Crippen molar-refractivity contribution in [2.45, 2.75) is 12.8 Å². The second kappa shape index (κ2) is 5.83. The molecule has 1 aromatic heterocycles. The van der Waals surface area contributed by atoms with Crippen LogP contribution in [0.5, 0.6) is 0 Å². The van der Waals surface area contributed by atoms with Gasteiger partial charge in [-0.2, -0.15) is 0 Å². The van der Waals surface area contributed by atoms with Gasteiger partial charge in [0.05, 0.1) is 0 Å². The highest BCUT2D eigenvalue weighted by Gasteiger charge is 2.08. The van der Waals surface area contributed by atoms with Crippen LogP contribution in [0.25, 0.3) is 0 Å². The molecule has 2 heterocycles. The van der Waals surface area contributed by atoms with Crippen molar-refractivity contribution in [1.29, 1.82) is 0 Å². The molecule has 1 aliphatic heterocycles. The van der Waals surface area contributed by atoms with Crippen molar-refractivity contribution in [1.82, 2.24) is 15.2 Å². The zero-order valence-corrected chi connectivity index (χ0v) is 9.15. The lowest BCUT2D eigenvalue weighted by Crippen LogP contribution is -2.43. The van der Waals surface area contributed by atoms with Crippen LogP contribution >= 0.6 is 0 Å². The van der Waals surface area contributed by atoms with Crippen LogP contribution in [0.2, 0.25) is 0 Å². The third-order valence-electron chi connectivity index (χ3n) is 2.90. The number of aryl methyl sites for hydroxylation is 1. The van der Waals surface area contributed by atoms with E-state index in [-0.39, 0.29) is 0 Å². The molecule has 0 aliphatic carbocycles. The van der Waals surface area contributed by atoms with Gasteiger partial charge in [0.1, 0.15) is 0 Å². The van der Waals surface area contributed by atoms with Crippen LogP contribution in [0, 0.1) is 0 Å². The van der Waals surface area contributed by atoms with Crippen molar-refractivity contribution >= 4 is 0 Å². The van der Waals surface area contributed by atoms with Crippen molar-refractivity contribution in [3.63, 3.8) is 0 Å². The van der Waals surface area contributed by atoms with Gasteiger partial charge in [-0.15, -0.1) is 0 Å². The summed E-state index contributed by atoms with van der Waals surface area (Å²) in [5.74, 6) is 0. The summed E-state index contributed by atoms with van der Waals surface area (Å²) < 4.78 is 0. The van der Waals surface area contributed by atoms with Crippen LogP contribution < -0.4 is 5.32 Å². The SMILES string of the molecule is c1cc(CCCN2CCNCC2)ccn1. The van der Waals surface area contributed by atoms with Crippen molar-refractivity contribution in [3.8, 4) is 0 Å². The summed E-state index contributed by atoms with van der Waals surface area (Å²) in [5, 5.41) is 3.37. The average Bonchev–Trinajstić information content (AvgIpc) is 2.32. The number of rotatable bonds is 4. The van der Waals surface area contributed by atoms with Crippen LogP contribution in [-0.2, 0) is 6.42 Å². The van der Waals surface area contributed by atoms with E-state index in [4.69, 9.17) is 0 Å². The second-order valence-corrected chi connectivity index (χ2v) is 4.05.